The summed E-state index contributed by atoms with van der Waals surface area (Å²) in [4.78, 5) is 8.64. The smallest absolute Gasteiger partial charge is 0.324 e. The zero-order valence-corrected chi connectivity index (χ0v) is 8.05. The number of hydrogen-bond acceptors (Lipinski definition) is 5. The van der Waals surface area contributed by atoms with E-state index in [1.807, 2.05) is 0 Å². The third kappa shape index (κ3) is 4.69. The van der Waals surface area contributed by atoms with Gasteiger partial charge in [-0.05, 0) is 0 Å². The molecule has 0 bridgehead atoms. The molecule has 0 aliphatic heterocycles. The van der Waals surface area contributed by atoms with Crippen molar-refractivity contribution in [3.63, 3.8) is 0 Å². The Morgan fingerprint density at radius 3 is 2.09 bits per heavy atom. The minimum atomic E-state index is -3.79. The zero-order valence-electron chi connectivity index (χ0n) is 6.26. The molecule has 2 atom stereocenters. The average molecular weight is 203 g/mol. The van der Waals surface area contributed by atoms with Crippen molar-refractivity contribution in [3.05, 3.63) is 0 Å². The van der Waals surface area contributed by atoms with Gasteiger partial charge >= 0.3 is 15.2 Å². The standard InChI is InChI=1S/C3H11NO5P2/c1-8-11(7,3-4)9-10(2,5)6/h3-4H2,1-2H3,(H,5,6). The lowest BCUT2D eigenvalue weighted by molar-refractivity contribution is 0.300. The monoisotopic (exact) mass is 203 g/mol. The summed E-state index contributed by atoms with van der Waals surface area (Å²) in [6, 6.07) is 0. The first-order valence-electron chi connectivity index (χ1n) is 2.69. The van der Waals surface area contributed by atoms with Gasteiger partial charge in [-0.25, -0.2) is 4.31 Å². The summed E-state index contributed by atoms with van der Waals surface area (Å²) in [7, 11) is -6.23. The Morgan fingerprint density at radius 1 is 1.55 bits per heavy atom. The minimum Gasteiger partial charge on any atom is -0.324 e. The predicted octanol–water partition coefficient (Wildman–Crippen LogP) is 0.574. The minimum absolute atomic E-state index is 0.415. The summed E-state index contributed by atoms with van der Waals surface area (Å²) >= 11 is 0. The highest BCUT2D eigenvalue weighted by Gasteiger charge is 2.28. The van der Waals surface area contributed by atoms with E-state index >= 15 is 0 Å². The average Bonchev–Trinajstić information content (AvgIpc) is 1.84. The van der Waals surface area contributed by atoms with Crippen molar-refractivity contribution in [2.75, 3.05) is 20.1 Å². The maximum atomic E-state index is 11.1. The second-order valence-electron chi connectivity index (χ2n) is 1.86. The van der Waals surface area contributed by atoms with Gasteiger partial charge in [0.2, 0.25) is 0 Å². The molecular weight excluding hydrogens is 192 g/mol. The van der Waals surface area contributed by atoms with Crippen LogP contribution in [0, 0.1) is 0 Å². The Kier molecular flexibility index (Phi) is 3.91. The fourth-order valence-corrected chi connectivity index (χ4v) is 2.90. The summed E-state index contributed by atoms with van der Waals surface area (Å²) in [5, 5.41) is 0. The number of hydrogen-bond donors (Lipinski definition) is 2. The second-order valence-corrected chi connectivity index (χ2v) is 6.07. The molecule has 0 aromatic heterocycles. The summed E-state index contributed by atoms with van der Waals surface area (Å²) < 4.78 is 30.2. The van der Waals surface area contributed by atoms with Crippen LogP contribution in [0.4, 0.5) is 0 Å². The van der Waals surface area contributed by atoms with Crippen LogP contribution in [0.25, 0.3) is 0 Å². The number of nitrogens with two attached hydrogens (primary N) is 1. The van der Waals surface area contributed by atoms with Crippen LogP contribution in [0.15, 0.2) is 0 Å². The molecule has 0 fully saturated rings. The molecule has 0 aromatic rings. The van der Waals surface area contributed by atoms with Crippen LogP contribution in [0.5, 0.6) is 0 Å². The lowest BCUT2D eigenvalue weighted by atomic mass is 11.6. The van der Waals surface area contributed by atoms with E-state index in [0.29, 0.717) is 0 Å². The van der Waals surface area contributed by atoms with Gasteiger partial charge in [-0.1, -0.05) is 0 Å². The molecular formula is C3H11NO5P2. The van der Waals surface area contributed by atoms with Crippen molar-refractivity contribution < 1.29 is 22.9 Å². The highest BCUT2D eigenvalue weighted by Crippen LogP contribution is 2.58. The molecule has 0 aliphatic rings. The third-order valence-electron chi connectivity index (χ3n) is 0.778. The van der Waals surface area contributed by atoms with Crippen molar-refractivity contribution in [3.8, 4) is 0 Å². The van der Waals surface area contributed by atoms with Crippen LogP contribution < -0.4 is 5.73 Å². The van der Waals surface area contributed by atoms with Gasteiger partial charge < -0.3 is 15.2 Å². The lowest BCUT2D eigenvalue weighted by Crippen LogP contribution is -2.04. The molecule has 8 heteroatoms. The molecule has 0 aliphatic carbocycles. The van der Waals surface area contributed by atoms with Gasteiger partial charge in [-0.2, -0.15) is 0 Å². The van der Waals surface area contributed by atoms with E-state index in [2.05, 4.69) is 8.83 Å². The van der Waals surface area contributed by atoms with Crippen LogP contribution >= 0.6 is 15.2 Å². The maximum absolute atomic E-state index is 11.1. The van der Waals surface area contributed by atoms with E-state index in [9.17, 15) is 9.13 Å². The molecule has 11 heavy (non-hydrogen) atoms. The molecule has 68 valence electrons. The fourth-order valence-electron chi connectivity index (χ4n) is 0.372. The fraction of sp³-hybridized carbons (Fsp3) is 1.00. The van der Waals surface area contributed by atoms with Gasteiger partial charge in [0.1, 0.15) is 0 Å². The Bertz CT molecular complexity index is 202. The first-order chi connectivity index (χ1) is 4.83. The van der Waals surface area contributed by atoms with Crippen LogP contribution in [0.2, 0.25) is 0 Å². The summed E-state index contributed by atoms with van der Waals surface area (Å²) in [6.07, 6.45) is -0.415. The van der Waals surface area contributed by atoms with Crippen LogP contribution in [-0.4, -0.2) is 25.0 Å². The molecule has 0 spiro atoms. The molecule has 0 amide bonds. The van der Waals surface area contributed by atoms with Crippen LogP contribution in [0.1, 0.15) is 0 Å². The number of rotatable bonds is 4. The molecule has 2 unspecified atom stereocenters. The van der Waals surface area contributed by atoms with E-state index in [1.54, 1.807) is 0 Å². The summed E-state index contributed by atoms with van der Waals surface area (Å²) in [5.74, 6) is 0. The second kappa shape index (κ2) is 3.81. The molecule has 0 rings (SSSR count). The summed E-state index contributed by atoms with van der Waals surface area (Å²) in [5.41, 5.74) is 4.98. The van der Waals surface area contributed by atoms with Crippen molar-refractivity contribution in [2.24, 2.45) is 5.73 Å². The first-order valence-corrected chi connectivity index (χ1v) is 6.45. The van der Waals surface area contributed by atoms with Gasteiger partial charge in [0.15, 0.2) is 0 Å². The highest BCUT2D eigenvalue weighted by atomic mass is 31.3. The Morgan fingerprint density at radius 2 is 2.00 bits per heavy atom. The zero-order chi connectivity index (χ0) is 9.12. The van der Waals surface area contributed by atoms with E-state index in [4.69, 9.17) is 10.6 Å². The van der Waals surface area contributed by atoms with E-state index in [1.165, 1.54) is 0 Å². The molecule has 0 saturated carbocycles. The molecule has 0 heterocycles. The van der Waals surface area contributed by atoms with Gasteiger partial charge in [0.25, 0.3) is 0 Å². The first kappa shape index (κ1) is 11.3. The van der Waals surface area contributed by atoms with Crippen LogP contribution in [0.3, 0.4) is 0 Å². The van der Waals surface area contributed by atoms with Crippen LogP contribution in [-0.2, 0) is 18.0 Å². The van der Waals surface area contributed by atoms with Crippen molar-refractivity contribution in [1.82, 2.24) is 0 Å². The van der Waals surface area contributed by atoms with E-state index < -0.39 is 21.5 Å². The summed E-state index contributed by atoms with van der Waals surface area (Å²) in [6.45, 7) is 0.911. The van der Waals surface area contributed by atoms with Gasteiger partial charge in [0, 0.05) is 13.8 Å². The Hall–Kier alpha value is 0.300. The van der Waals surface area contributed by atoms with Crippen molar-refractivity contribution in [2.45, 2.75) is 0 Å². The topological polar surface area (TPSA) is 98.9 Å². The Balaban J connectivity index is 4.34. The van der Waals surface area contributed by atoms with E-state index in [-0.39, 0.29) is 0 Å². The van der Waals surface area contributed by atoms with E-state index in [0.717, 1.165) is 13.8 Å². The van der Waals surface area contributed by atoms with Crippen molar-refractivity contribution >= 4 is 15.2 Å². The SMILES string of the molecule is COP(=O)(CN)OP(C)(=O)O. The largest absolute Gasteiger partial charge is 0.350 e. The predicted molar refractivity (Wildman–Crippen MR) is 40.5 cm³/mol. The molecule has 6 nitrogen and oxygen atoms in total. The highest BCUT2D eigenvalue weighted by molar-refractivity contribution is 7.66. The third-order valence-corrected chi connectivity index (χ3v) is 3.99. The molecule has 0 saturated heterocycles. The van der Waals surface area contributed by atoms with Gasteiger partial charge in [-0.3, -0.25) is 9.13 Å². The Labute approximate surface area is 64.8 Å². The lowest BCUT2D eigenvalue weighted by Gasteiger charge is -2.14. The molecule has 3 N–H and O–H groups in total. The van der Waals surface area contributed by atoms with Gasteiger partial charge in [0.05, 0.1) is 6.29 Å². The quantitative estimate of drug-likeness (QED) is 0.648. The van der Waals surface area contributed by atoms with Crippen molar-refractivity contribution in [1.29, 1.82) is 0 Å². The normalized spacial score (nSPS) is 22.2. The molecule has 0 radical (unpaired) electrons. The maximum Gasteiger partial charge on any atom is 0.350 e. The molecule has 0 aromatic carbocycles. The van der Waals surface area contributed by atoms with Gasteiger partial charge in [-0.15, -0.1) is 0 Å².